The highest BCUT2D eigenvalue weighted by molar-refractivity contribution is 6.91. The molecule has 7 heteroatoms. The molecule has 0 aromatic heterocycles. The molecule has 0 aromatic rings. The number of nitrogens with zero attached hydrogens (tertiary/aromatic N) is 4. The lowest BCUT2D eigenvalue weighted by atomic mass is 11.3. The molecule has 104 valence electrons. The molecule has 0 saturated carbocycles. The van der Waals surface area contributed by atoms with Gasteiger partial charge >= 0.3 is 0 Å². The first-order chi connectivity index (χ1) is 7.53. The van der Waals surface area contributed by atoms with Crippen molar-refractivity contribution in [1.29, 1.82) is 0 Å². The van der Waals surface area contributed by atoms with Crippen LogP contribution in [0.5, 0.6) is 0 Å². The summed E-state index contributed by atoms with van der Waals surface area (Å²) in [5.74, 6) is 0. The zero-order valence-electron chi connectivity index (χ0n) is 13.4. The van der Waals surface area contributed by atoms with Crippen LogP contribution in [0.15, 0.2) is 0 Å². The third-order valence-corrected chi connectivity index (χ3v) is 20.7. The van der Waals surface area contributed by atoms with Crippen molar-refractivity contribution in [3.63, 3.8) is 0 Å². The number of hydrogen-bond donors (Lipinski definition) is 0. The summed E-state index contributed by atoms with van der Waals surface area (Å²) < 4.78 is 10.3. The lowest BCUT2D eigenvalue weighted by Gasteiger charge is -2.50. The first-order valence-electron chi connectivity index (χ1n) is 6.32. The van der Waals surface area contributed by atoms with E-state index in [2.05, 4.69) is 86.1 Å². The monoisotopic (exact) mass is 292 g/mol. The van der Waals surface area contributed by atoms with Crippen molar-refractivity contribution in [3.8, 4) is 0 Å². The van der Waals surface area contributed by atoms with Crippen molar-refractivity contribution >= 4 is 26.6 Å². The Morgan fingerprint density at radius 3 is 1.18 bits per heavy atom. The summed E-state index contributed by atoms with van der Waals surface area (Å²) in [6.07, 6.45) is 0. The van der Waals surface area contributed by atoms with Crippen LogP contribution in [0.1, 0.15) is 0 Å². The van der Waals surface area contributed by atoms with Crippen LogP contribution in [0.25, 0.3) is 0 Å². The van der Waals surface area contributed by atoms with E-state index in [1.165, 1.54) is 0 Å². The molecule has 0 aliphatic rings. The molecule has 0 amide bonds. The molecule has 17 heavy (non-hydrogen) atoms. The van der Waals surface area contributed by atoms with Gasteiger partial charge in [0.1, 0.15) is 0 Å². The van der Waals surface area contributed by atoms with Gasteiger partial charge < -0.3 is 17.6 Å². The first kappa shape index (κ1) is 17.5. The van der Waals surface area contributed by atoms with E-state index >= 15 is 0 Å². The van der Waals surface area contributed by atoms with Crippen LogP contribution in [0.3, 0.4) is 0 Å². The van der Waals surface area contributed by atoms with Gasteiger partial charge in [-0.3, -0.25) is 0 Å². The topological polar surface area (TPSA) is 13.0 Å². The van der Waals surface area contributed by atoms with E-state index in [1.807, 2.05) is 0 Å². The molecule has 0 spiro atoms. The minimum atomic E-state index is -1.46. The van der Waals surface area contributed by atoms with E-state index in [4.69, 9.17) is 0 Å². The Hall–Kier alpha value is 0.491. The molecule has 0 heterocycles. The lowest BCUT2D eigenvalue weighted by molar-refractivity contribution is 0.517. The molecule has 0 aliphatic heterocycles. The molecular weight excluding hydrogens is 260 g/mol. The molecule has 0 radical (unpaired) electrons. The third-order valence-electron chi connectivity index (χ3n) is 4.03. The Morgan fingerprint density at radius 1 is 0.706 bits per heavy atom. The van der Waals surface area contributed by atoms with Crippen molar-refractivity contribution in [2.45, 2.75) is 26.2 Å². The van der Waals surface area contributed by atoms with E-state index < -0.39 is 26.6 Å². The van der Waals surface area contributed by atoms with Gasteiger partial charge in [0.2, 0.25) is 0 Å². The summed E-state index contributed by atoms with van der Waals surface area (Å²) in [6.45, 7) is 9.89. The van der Waals surface area contributed by atoms with Gasteiger partial charge in [-0.1, -0.05) is 0 Å². The van der Waals surface area contributed by atoms with Crippen LogP contribution in [0, 0.1) is 0 Å². The fraction of sp³-hybridized carbons (Fsp3) is 1.00. The molecule has 0 aromatic carbocycles. The zero-order valence-corrected chi connectivity index (χ0v) is 16.8. The Balaban J connectivity index is 5.25. The minimum Gasteiger partial charge on any atom is -0.337 e. The fourth-order valence-electron chi connectivity index (χ4n) is 1.96. The van der Waals surface area contributed by atoms with Crippen molar-refractivity contribution in [3.05, 3.63) is 0 Å². The van der Waals surface area contributed by atoms with Gasteiger partial charge in [-0.25, -0.2) is 0 Å². The molecule has 0 rings (SSSR count). The predicted octanol–water partition coefficient (Wildman–Crippen LogP) is 0.376. The second-order valence-electron chi connectivity index (χ2n) is 5.99. The van der Waals surface area contributed by atoms with Gasteiger partial charge in [0, 0.05) is 0 Å². The van der Waals surface area contributed by atoms with Crippen LogP contribution in [-0.2, 0) is 0 Å². The SMILES string of the molecule is CN(C)[SiH](C)N([SiH](C)N(C)C)[Si](C)(C)N(C)C. The summed E-state index contributed by atoms with van der Waals surface area (Å²) in [5.41, 5.74) is 0. The summed E-state index contributed by atoms with van der Waals surface area (Å²) in [4.78, 5) is 0. The molecule has 0 bridgehead atoms. The van der Waals surface area contributed by atoms with E-state index in [0.29, 0.717) is 0 Å². The molecule has 2 atom stereocenters. The highest BCUT2D eigenvalue weighted by Gasteiger charge is 2.40. The molecular formula is C10H32N4Si3. The number of hydrogen-bond acceptors (Lipinski definition) is 4. The molecule has 4 nitrogen and oxygen atoms in total. The van der Waals surface area contributed by atoms with Gasteiger partial charge in [0.25, 0.3) is 0 Å². The maximum atomic E-state index is 2.94. The van der Waals surface area contributed by atoms with Gasteiger partial charge in [0.05, 0.1) is 0 Å². The zero-order chi connectivity index (χ0) is 14.0. The van der Waals surface area contributed by atoms with Gasteiger partial charge in [0.15, 0.2) is 26.6 Å². The third kappa shape index (κ3) is 4.27. The van der Waals surface area contributed by atoms with Crippen molar-refractivity contribution in [1.82, 2.24) is 17.6 Å². The molecule has 0 aliphatic carbocycles. The maximum Gasteiger partial charge on any atom is 0.188 e. The minimum absolute atomic E-state index is 0.979. The summed E-state index contributed by atoms with van der Waals surface area (Å²) in [5, 5.41) is 0. The Morgan fingerprint density at radius 2 is 1.00 bits per heavy atom. The lowest BCUT2D eigenvalue weighted by Crippen LogP contribution is -2.72. The van der Waals surface area contributed by atoms with Crippen LogP contribution in [0.2, 0.25) is 26.2 Å². The average molecular weight is 293 g/mol. The summed E-state index contributed by atoms with van der Waals surface area (Å²) in [7, 11) is 10.0. The summed E-state index contributed by atoms with van der Waals surface area (Å²) >= 11 is 0. The van der Waals surface area contributed by atoms with Gasteiger partial charge in [-0.05, 0) is 68.5 Å². The van der Waals surface area contributed by atoms with Gasteiger partial charge in [-0.15, -0.1) is 0 Å². The van der Waals surface area contributed by atoms with Crippen LogP contribution in [0.4, 0.5) is 0 Å². The van der Waals surface area contributed by atoms with Crippen molar-refractivity contribution in [2.75, 3.05) is 42.3 Å². The summed E-state index contributed by atoms with van der Waals surface area (Å²) in [6, 6.07) is 0. The van der Waals surface area contributed by atoms with E-state index in [-0.39, 0.29) is 0 Å². The quantitative estimate of drug-likeness (QED) is 0.656. The first-order valence-corrected chi connectivity index (χ1v) is 13.6. The predicted molar refractivity (Wildman–Crippen MR) is 86.4 cm³/mol. The van der Waals surface area contributed by atoms with Crippen LogP contribution < -0.4 is 0 Å². The normalized spacial score (nSPS) is 17.3. The second-order valence-corrected chi connectivity index (χ2v) is 17.7. The standard InChI is InChI=1S/C10H32N4Si3/c1-11(2)15(7)14(16(8)12(3)4)17(9,10)13(5)6/h15-16H,1-10H3. The van der Waals surface area contributed by atoms with Gasteiger partial charge in [-0.2, -0.15) is 0 Å². The van der Waals surface area contributed by atoms with E-state index in [1.54, 1.807) is 0 Å². The van der Waals surface area contributed by atoms with Crippen LogP contribution >= 0.6 is 0 Å². The van der Waals surface area contributed by atoms with E-state index in [0.717, 1.165) is 0 Å². The second kappa shape index (κ2) is 6.60. The molecule has 0 fully saturated rings. The number of rotatable bonds is 6. The Labute approximate surface area is 113 Å². The highest BCUT2D eigenvalue weighted by atomic mass is 28.5. The molecule has 2 unspecified atom stereocenters. The van der Waals surface area contributed by atoms with Crippen LogP contribution in [-0.4, -0.2) is 86.5 Å². The largest absolute Gasteiger partial charge is 0.337 e. The average Bonchev–Trinajstić information content (AvgIpc) is 2.16. The Bertz CT molecular complexity index is 220. The van der Waals surface area contributed by atoms with E-state index in [9.17, 15) is 0 Å². The maximum absolute atomic E-state index is 2.94. The fourth-order valence-corrected chi connectivity index (χ4v) is 17.6. The smallest absolute Gasteiger partial charge is 0.188 e. The van der Waals surface area contributed by atoms with Crippen molar-refractivity contribution in [2.24, 2.45) is 0 Å². The Kier molecular flexibility index (Phi) is 6.79. The van der Waals surface area contributed by atoms with Crippen molar-refractivity contribution < 1.29 is 0 Å². The molecule has 0 N–H and O–H groups in total. The highest BCUT2D eigenvalue weighted by Crippen LogP contribution is 2.18. The molecule has 0 saturated heterocycles.